The third-order valence-electron chi connectivity index (χ3n) is 2.71. The van der Waals surface area contributed by atoms with E-state index < -0.39 is 8.07 Å². The Bertz CT molecular complexity index is 198. The summed E-state index contributed by atoms with van der Waals surface area (Å²) in [7, 11) is -1.21. The summed E-state index contributed by atoms with van der Waals surface area (Å²) in [6.07, 6.45) is 0.479. The van der Waals surface area contributed by atoms with E-state index in [4.69, 9.17) is 11.6 Å². The molecule has 0 saturated heterocycles. The zero-order valence-corrected chi connectivity index (χ0v) is 9.07. The molecule has 0 aliphatic carbocycles. The first-order valence-corrected chi connectivity index (χ1v) is 7.58. The Kier molecular flexibility index (Phi) is 2.47. The summed E-state index contributed by atoms with van der Waals surface area (Å²) >= 11 is 5.97. The van der Waals surface area contributed by atoms with Crippen LogP contribution in [0, 0.1) is 0 Å². The molecule has 1 rings (SSSR count). The molecule has 0 aromatic carbocycles. The van der Waals surface area contributed by atoms with Crippen LogP contribution in [0.1, 0.15) is 13.3 Å². The van der Waals surface area contributed by atoms with Gasteiger partial charge >= 0.3 is 0 Å². The summed E-state index contributed by atoms with van der Waals surface area (Å²) in [6, 6.07) is 1.16. The van der Waals surface area contributed by atoms with E-state index in [9.17, 15) is 5.11 Å². The van der Waals surface area contributed by atoms with Gasteiger partial charge in [-0.3, -0.25) is 0 Å². The minimum Gasteiger partial charge on any atom is -0.388 e. The van der Waals surface area contributed by atoms with Crippen molar-refractivity contribution in [3.8, 4) is 0 Å². The summed E-state index contributed by atoms with van der Waals surface area (Å²) in [5.41, 5.74) is 0. The Morgan fingerprint density at radius 3 is 2.55 bits per heavy atom. The van der Waals surface area contributed by atoms with Gasteiger partial charge in [-0.1, -0.05) is 35.9 Å². The van der Waals surface area contributed by atoms with Crippen LogP contribution in [0.15, 0.2) is 10.2 Å². The van der Waals surface area contributed by atoms with E-state index in [0.29, 0.717) is 5.03 Å². The van der Waals surface area contributed by atoms with Crippen LogP contribution >= 0.6 is 11.6 Å². The molecule has 0 amide bonds. The maximum Gasteiger partial charge on any atom is 0.0888 e. The molecule has 3 heteroatoms. The quantitative estimate of drug-likeness (QED) is 0.582. The van der Waals surface area contributed by atoms with Crippen LogP contribution < -0.4 is 0 Å². The third-order valence-corrected chi connectivity index (χ3v) is 7.24. The highest BCUT2D eigenvalue weighted by Gasteiger charge is 2.32. The van der Waals surface area contributed by atoms with Crippen LogP contribution in [0.3, 0.4) is 0 Å². The van der Waals surface area contributed by atoms with Crippen molar-refractivity contribution in [2.45, 2.75) is 38.6 Å². The topological polar surface area (TPSA) is 20.2 Å². The number of aliphatic hydroxyl groups is 1. The monoisotopic (exact) mass is 190 g/mol. The molecular formula is C8H15ClOSi. The first kappa shape index (κ1) is 9.30. The van der Waals surface area contributed by atoms with E-state index in [2.05, 4.69) is 20.0 Å². The Morgan fingerprint density at radius 1 is 1.55 bits per heavy atom. The van der Waals surface area contributed by atoms with E-state index in [-0.39, 0.29) is 6.10 Å². The molecule has 0 aromatic rings. The Balaban J connectivity index is 2.97. The molecule has 1 heterocycles. The van der Waals surface area contributed by atoms with Crippen LogP contribution in [0.5, 0.6) is 0 Å². The molecule has 1 N–H and O–H groups in total. The molecule has 0 radical (unpaired) electrons. The number of aliphatic hydroxyl groups excluding tert-OH is 1. The van der Waals surface area contributed by atoms with E-state index in [0.717, 1.165) is 12.5 Å². The lowest BCUT2D eigenvalue weighted by molar-refractivity contribution is 0.211. The summed E-state index contributed by atoms with van der Waals surface area (Å²) in [5, 5.41) is 11.4. The van der Waals surface area contributed by atoms with Crippen LogP contribution in [-0.2, 0) is 0 Å². The fourth-order valence-corrected chi connectivity index (χ4v) is 4.44. The van der Waals surface area contributed by atoms with Crippen molar-refractivity contribution in [1.29, 1.82) is 0 Å². The third kappa shape index (κ3) is 1.68. The van der Waals surface area contributed by atoms with Gasteiger partial charge in [0.1, 0.15) is 0 Å². The summed E-state index contributed by atoms with van der Waals surface area (Å²) in [4.78, 5) is 0. The summed E-state index contributed by atoms with van der Waals surface area (Å²) in [6.45, 7) is 6.67. The van der Waals surface area contributed by atoms with Crippen molar-refractivity contribution in [2.75, 3.05) is 0 Å². The van der Waals surface area contributed by atoms with Crippen LogP contribution in [0.25, 0.3) is 0 Å². The molecule has 0 spiro atoms. The van der Waals surface area contributed by atoms with E-state index in [1.807, 2.05) is 0 Å². The number of rotatable bonds is 0. The SMILES string of the molecule is CC1=C(Cl)C(O)CC[Si]1(C)C. The van der Waals surface area contributed by atoms with Crippen LogP contribution in [-0.4, -0.2) is 19.3 Å². The maximum absolute atomic E-state index is 9.41. The van der Waals surface area contributed by atoms with Crippen molar-refractivity contribution in [3.05, 3.63) is 10.2 Å². The van der Waals surface area contributed by atoms with E-state index >= 15 is 0 Å². The van der Waals surface area contributed by atoms with E-state index in [1.54, 1.807) is 0 Å². The van der Waals surface area contributed by atoms with Crippen molar-refractivity contribution in [1.82, 2.24) is 0 Å². The fraction of sp³-hybridized carbons (Fsp3) is 0.750. The second kappa shape index (κ2) is 2.92. The lowest BCUT2D eigenvalue weighted by atomic mass is 10.2. The van der Waals surface area contributed by atoms with Gasteiger partial charge in [0.15, 0.2) is 0 Å². The number of hydrogen-bond acceptors (Lipinski definition) is 1. The first-order valence-electron chi connectivity index (χ1n) is 4.00. The Hall–Kier alpha value is 0.207. The molecule has 1 unspecified atom stereocenters. The molecule has 1 aliphatic heterocycles. The zero-order valence-electron chi connectivity index (χ0n) is 7.32. The molecule has 0 fully saturated rings. The molecule has 64 valence electrons. The predicted molar refractivity (Wildman–Crippen MR) is 51.5 cm³/mol. The van der Waals surface area contributed by atoms with Gasteiger partial charge in [-0.05, 0) is 13.3 Å². The smallest absolute Gasteiger partial charge is 0.0888 e. The molecular weight excluding hydrogens is 176 g/mol. The molecule has 0 bridgehead atoms. The molecule has 1 aliphatic rings. The fourth-order valence-electron chi connectivity index (χ4n) is 1.38. The van der Waals surface area contributed by atoms with Crippen LogP contribution in [0.2, 0.25) is 19.1 Å². The number of halogens is 1. The minimum atomic E-state index is -1.21. The average molecular weight is 191 g/mol. The highest BCUT2D eigenvalue weighted by Crippen LogP contribution is 2.34. The van der Waals surface area contributed by atoms with Crippen molar-refractivity contribution in [2.24, 2.45) is 0 Å². The Morgan fingerprint density at radius 2 is 2.09 bits per heavy atom. The zero-order chi connectivity index (χ0) is 8.65. The van der Waals surface area contributed by atoms with Crippen molar-refractivity contribution in [3.63, 3.8) is 0 Å². The molecule has 1 nitrogen and oxygen atoms in total. The van der Waals surface area contributed by atoms with Gasteiger partial charge in [-0.25, -0.2) is 0 Å². The maximum atomic E-state index is 9.41. The largest absolute Gasteiger partial charge is 0.388 e. The first-order chi connectivity index (χ1) is 4.95. The summed E-state index contributed by atoms with van der Waals surface area (Å²) < 4.78 is 0. The van der Waals surface area contributed by atoms with Crippen LogP contribution in [0.4, 0.5) is 0 Å². The van der Waals surface area contributed by atoms with Gasteiger partial charge in [0.25, 0.3) is 0 Å². The highest BCUT2D eigenvalue weighted by atomic mass is 35.5. The highest BCUT2D eigenvalue weighted by molar-refractivity contribution is 6.85. The van der Waals surface area contributed by atoms with E-state index in [1.165, 1.54) is 5.20 Å². The number of allylic oxidation sites excluding steroid dienone is 1. The standard InChI is InChI=1S/C8H15ClOSi/c1-6-8(9)7(10)4-5-11(6,2)3/h7,10H,4-5H2,1-3H3. The van der Waals surface area contributed by atoms with Crippen molar-refractivity contribution < 1.29 is 5.11 Å². The van der Waals surface area contributed by atoms with Gasteiger partial charge in [-0.2, -0.15) is 0 Å². The lowest BCUT2D eigenvalue weighted by Gasteiger charge is -2.31. The Labute approximate surface area is 74.1 Å². The number of hydrogen-bond donors (Lipinski definition) is 1. The van der Waals surface area contributed by atoms with Gasteiger partial charge in [0.05, 0.1) is 14.2 Å². The predicted octanol–water partition coefficient (Wildman–Crippen LogP) is 2.51. The van der Waals surface area contributed by atoms with Gasteiger partial charge in [-0.15, -0.1) is 0 Å². The second-order valence-corrected chi connectivity index (χ2v) is 9.34. The average Bonchev–Trinajstić information content (AvgIpc) is 1.95. The molecule has 1 atom stereocenters. The van der Waals surface area contributed by atoms with Gasteiger partial charge < -0.3 is 5.11 Å². The normalized spacial score (nSPS) is 30.8. The second-order valence-electron chi connectivity index (χ2n) is 3.91. The van der Waals surface area contributed by atoms with Gasteiger partial charge in [0.2, 0.25) is 0 Å². The van der Waals surface area contributed by atoms with Gasteiger partial charge in [0, 0.05) is 5.03 Å². The molecule has 11 heavy (non-hydrogen) atoms. The molecule has 0 saturated carbocycles. The lowest BCUT2D eigenvalue weighted by Crippen LogP contribution is -2.35. The molecule has 0 aromatic heterocycles. The van der Waals surface area contributed by atoms with Crippen molar-refractivity contribution >= 4 is 19.7 Å². The minimum absolute atomic E-state index is 0.378. The summed E-state index contributed by atoms with van der Waals surface area (Å²) in [5.74, 6) is 0.